The topological polar surface area (TPSA) is 81.7 Å². The molecule has 0 fully saturated rings. The molecule has 0 aliphatic heterocycles. The number of Topliss-reactive ketones (excluding diaryl/α,β-unsaturated/α-hetero) is 1. The summed E-state index contributed by atoms with van der Waals surface area (Å²) in [6, 6.07) is 6.43. The number of rotatable bonds is 5. The van der Waals surface area contributed by atoms with Crippen LogP contribution < -0.4 is 5.32 Å². The molecule has 1 amide bonds. The van der Waals surface area contributed by atoms with E-state index in [2.05, 4.69) is 10.1 Å². The Kier molecular flexibility index (Phi) is 6.30. The number of hydrogen-bond donors (Lipinski definition) is 1. The lowest BCUT2D eigenvalue weighted by Crippen LogP contribution is -2.27. The van der Waals surface area contributed by atoms with Gasteiger partial charge >= 0.3 is 12.1 Å². The summed E-state index contributed by atoms with van der Waals surface area (Å²) >= 11 is 0. The minimum Gasteiger partial charge on any atom is -0.469 e. The Morgan fingerprint density at radius 1 is 1.13 bits per heavy atom. The van der Waals surface area contributed by atoms with Gasteiger partial charge in [0.25, 0.3) is 0 Å². The van der Waals surface area contributed by atoms with Crippen LogP contribution in [0.15, 0.2) is 24.3 Å². The van der Waals surface area contributed by atoms with Crippen LogP contribution in [0.25, 0.3) is 0 Å². The molecular weight excluding hydrogens is 298 g/mol. The van der Waals surface area contributed by atoms with E-state index in [0.29, 0.717) is 11.3 Å². The van der Waals surface area contributed by atoms with Gasteiger partial charge in [-0.05, 0) is 45.0 Å². The summed E-state index contributed by atoms with van der Waals surface area (Å²) in [5.41, 5.74) is 0.413. The molecule has 23 heavy (non-hydrogen) atoms. The lowest BCUT2D eigenvalue weighted by Gasteiger charge is -2.19. The number of anilines is 1. The Bertz CT molecular complexity index is 572. The van der Waals surface area contributed by atoms with Crippen LogP contribution in [0.5, 0.6) is 0 Å². The number of ketones is 1. The molecule has 1 rings (SSSR count). The van der Waals surface area contributed by atoms with Crippen LogP contribution in [0.1, 0.15) is 44.5 Å². The molecule has 0 aliphatic rings. The quantitative estimate of drug-likeness (QED) is 0.664. The van der Waals surface area contributed by atoms with E-state index < -0.39 is 23.6 Å². The third kappa shape index (κ3) is 6.50. The molecule has 1 aromatic carbocycles. The highest BCUT2D eigenvalue weighted by molar-refractivity contribution is 5.99. The van der Waals surface area contributed by atoms with Gasteiger partial charge in [-0.1, -0.05) is 6.92 Å². The fourth-order valence-electron chi connectivity index (χ4n) is 1.85. The normalized spacial score (nSPS) is 12.2. The standard InChI is InChI=1S/C17H23NO5/c1-11(10-14(19)22-5)15(20)12-6-8-13(9-7-12)18-16(21)23-17(2,3)4/h6-9,11H,10H2,1-5H3,(H,18,21)/t11-/m1/s1. The zero-order valence-corrected chi connectivity index (χ0v) is 14.1. The van der Waals surface area contributed by atoms with E-state index in [1.165, 1.54) is 7.11 Å². The molecular formula is C17H23NO5. The highest BCUT2D eigenvalue weighted by Gasteiger charge is 2.19. The first kappa shape index (κ1) is 18.7. The monoisotopic (exact) mass is 321 g/mol. The number of carbonyl (C=O) groups excluding carboxylic acids is 3. The predicted octanol–water partition coefficient (Wildman–Crippen LogP) is 3.42. The van der Waals surface area contributed by atoms with E-state index in [4.69, 9.17) is 4.74 Å². The molecule has 0 spiro atoms. The zero-order chi connectivity index (χ0) is 17.6. The highest BCUT2D eigenvalue weighted by atomic mass is 16.6. The van der Waals surface area contributed by atoms with Crippen molar-refractivity contribution in [2.45, 2.75) is 39.7 Å². The van der Waals surface area contributed by atoms with E-state index in [-0.39, 0.29) is 12.2 Å². The molecule has 1 aromatic rings. The van der Waals surface area contributed by atoms with Crippen LogP contribution in [0.3, 0.4) is 0 Å². The van der Waals surface area contributed by atoms with Gasteiger partial charge in [0, 0.05) is 17.2 Å². The highest BCUT2D eigenvalue weighted by Crippen LogP contribution is 2.17. The number of carbonyl (C=O) groups is 3. The van der Waals surface area contributed by atoms with Crippen molar-refractivity contribution >= 4 is 23.5 Å². The molecule has 0 saturated heterocycles. The van der Waals surface area contributed by atoms with Gasteiger partial charge in [0.05, 0.1) is 13.5 Å². The van der Waals surface area contributed by atoms with Gasteiger partial charge in [-0.2, -0.15) is 0 Å². The minimum atomic E-state index is -0.580. The van der Waals surface area contributed by atoms with Crippen LogP contribution in [0.4, 0.5) is 10.5 Å². The Balaban J connectivity index is 2.67. The van der Waals surface area contributed by atoms with Crippen molar-refractivity contribution in [2.75, 3.05) is 12.4 Å². The molecule has 0 heterocycles. The van der Waals surface area contributed by atoms with E-state index >= 15 is 0 Å². The van der Waals surface area contributed by atoms with Crippen LogP contribution in [0, 0.1) is 5.92 Å². The van der Waals surface area contributed by atoms with E-state index in [0.717, 1.165) is 0 Å². The fraction of sp³-hybridized carbons (Fsp3) is 0.471. The summed E-state index contributed by atoms with van der Waals surface area (Å²) in [5.74, 6) is -1.04. The maximum absolute atomic E-state index is 12.2. The van der Waals surface area contributed by atoms with Crippen molar-refractivity contribution in [3.05, 3.63) is 29.8 Å². The fourth-order valence-corrected chi connectivity index (χ4v) is 1.85. The summed E-state index contributed by atoms with van der Waals surface area (Å²) in [4.78, 5) is 35.1. The molecule has 0 aromatic heterocycles. The van der Waals surface area contributed by atoms with E-state index in [9.17, 15) is 14.4 Å². The maximum Gasteiger partial charge on any atom is 0.412 e. The van der Waals surface area contributed by atoms with E-state index in [1.807, 2.05) is 0 Å². The molecule has 0 aliphatic carbocycles. The van der Waals surface area contributed by atoms with Crippen LogP contribution in [-0.2, 0) is 14.3 Å². The zero-order valence-electron chi connectivity index (χ0n) is 14.1. The SMILES string of the molecule is COC(=O)C[C@@H](C)C(=O)c1ccc(NC(=O)OC(C)(C)C)cc1. The molecule has 0 unspecified atom stereocenters. The first-order valence-electron chi connectivity index (χ1n) is 7.33. The second kappa shape index (κ2) is 7.76. The van der Waals surface area contributed by atoms with Crippen molar-refractivity contribution in [3.8, 4) is 0 Å². The lowest BCUT2D eigenvalue weighted by atomic mass is 9.96. The molecule has 6 nitrogen and oxygen atoms in total. The average Bonchev–Trinajstić information content (AvgIpc) is 2.45. The van der Waals surface area contributed by atoms with Crippen molar-refractivity contribution in [3.63, 3.8) is 0 Å². The van der Waals surface area contributed by atoms with Gasteiger partial charge in [-0.25, -0.2) is 4.79 Å². The van der Waals surface area contributed by atoms with Gasteiger partial charge in [-0.15, -0.1) is 0 Å². The smallest absolute Gasteiger partial charge is 0.412 e. The maximum atomic E-state index is 12.2. The van der Waals surface area contributed by atoms with Crippen molar-refractivity contribution in [1.82, 2.24) is 0 Å². The van der Waals surface area contributed by atoms with E-state index in [1.54, 1.807) is 52.0 Å². The molecule has 1 N–H and O–H groups in total. The second-order valence-corrected chi connectivity index (χ2v) is 6.25. The summed E-state index contributed by atoms with van der Waals surface area (Å²) in [6.45, 7) is 7.00. The third-order valence-corrected chi connectivity index (χ3v) is 2.96. The first-order valence-corrected chi connectivity index (χ1v) is 7.33. The largest absolute Gasteiger partial charge is 0.469 e. The molecule has 1 atom stereocenters. The molecule has 0 radical (unpaired) electrons. The summed E-state index contributed by atoms with van der Waals surface area (Å²) in [7, 11) is 1.29. The van der Waals surface area contributed by atoms with Crippen LogP contribution in [0.2, 0.25) is 0 Å². The van der Waals surface area contributed by atoms with Crippen LogP contribution in [-0.4, -0.2) is 30.6 Å². The Morgan fingerprint density at radius 2 is 1.70 bits per heavy atom. The Hall–Kier alpha value is -2.37. The average molecular weight is 321 g/mol. The van der Waals surface area contributed by atoms with Crippen LogP contribution >= 0.6 is 0 Å². The number of esters is 1. The number of methoxy groups -OCH3 is 1. The molecule has 0 bridgehead atoms. The number of amides is 1. The Labute approximate surface area is 136 Å². The summed E-state index contributed by atoms with van der Waals surface area (Å²) < 4.78 is 9.70. The number of hydrogen-bond acceptors (Lipinski definition) is 5. The summed E-state index contributed by atoms with van der Waals surface area (Å²) in [6.07, 6.45) is -0.525. The second-order valence-electron chi connectivity index (χ2n) is 6.25. The van der Waals surface area contributed by atoms with Crippen molar-refractivity contribution in [2.24, 2.45) is 5.92 Å². The van der Waals surface area contributed by atoms with Gasteiger partial charge in [-0.3, -0.25) is 14.9 Å². The number of nitrogens with one attached hydrogen (secondary N) is 1. The van der Waals surface area contributed by atoms with Gasteiger partial charge in [0.15, 0.2) is 5.78 Å². The van der Waals surface area contributed by atoms with Gasteiger partial charge < -0.3 is 9.47 Å². The number of benzene rings is 1. The number of ether oxygens (including phenoxy) is 2. The molecule has 126 valence electrons. The van der Waals surface area contributed by atoms with Crippen molar-refractivity contribution < 1.29 is 23.9 Å². The van der Waals surface area contributed by atoms with Gasteiger partial charge in [0.1, 0.15) is 5.60 Å². The molecule has 0 saturated carbocycles. The Morgan fingerprint density at radius 3 is 2.17 bits per heavy atom. The predicted molar refractivity (Wildman–Crippen MR) is 86.4 cm³/mol. The first-order chi connectivity index (χ1) is 10.6. The lowest BCUT2D eigenvalue weighted by molar-refractivity contribution is -0.141. The third-order valence-electron chi connectivity index (χ3n) is 2.96. The minimum absolute atomic E-state index is 0.0350. The van der Waals surface area contributed by atoms with Gasteiger partial charge in [0.2, 0.25) is 0 Å². The summed E-state index contributed by atoms with van der Waals surface area (Å²) in [5, 5.41) is 2.59. The molecule has 6 heteroatoms. The van der Waals surface area contributed by atoms with Crippen molar-refractivity contribution in [1.29, 1.82) is 0 Å².